The van der Waals surface area contributed by atoms with Crippen LogP contribution in [0.3, 0.4) is 0 Å². The zero-order valence-electron chi connectivity index (χ0n) is 16.0. The molecule has 1 aromatic heterocycles. The molecule has 1 aromatic carbocycles. The summed E-state index contributed by atoms with van der Waals surface area (Å²) in [6.45, 7) is 0.814. The highest BCUT2D eigenvalue weighted by atomic mass is 16.5. The van der Waals surface area contributed by atoms with Crippen LogP contribution in [0.5, 0.6) is 5.88 Å². The first-order valence-corrected chi connectivity index (χ1v) is 9.25. The van der Waals surface area contributed by atoms with E-state index in [1.807, 2.05) is 18.2 Å². The van der Waals surface area contributed by atoms with Gasteiger partial charge in [-0.15, -0.1) is 0 Å². The molecular weight excluding hydrogens is 358 g/mol. The molecule has 1 saturated carbocycles. The Labute approximate surface area is 163 Å². The molecule has 1 saturated heterocycles. The van der Waals surface area contributed by atoms with Crippen LogP contribution in [0, 0.1) is 0 Å². The van der Waals surface area contributed by atoms with Gasteiger partial charge in [-0.1, -0.05) is 18.2 Å². The molecule has 146 valence electrons. The number of aromatic nitrogens is 1. The number of likely N-dealkylation sites (tertiary alicyclic amines) is 1. The lowest BCUT2D eigenvalue weighted by atomic mass is 9.80. The standard InChI is InChI=1S/C21H23N3O4/c1-27-17-9-8-16(12-22-17)19(26)24-13-20(14-24,21(28-2)10-11-21)23-18(25)15-6-4-3-5-7-15/h3-9,12H,10-11,13-14H2,1-2H3,(H,23,25). The normalized spacial score (nSPS) is 18.7. The van der Waals surface area contributed by atoms with Gasteiger partial charge >= 0.3 is 0 Å². The van der Waals surface area contributed by atoms with E-state index in [2.05, 4.69) is 10.3 Å². The van der Waals surface area contributed by atoms with Gasteiger partial charge in [-0.3, -0.25) is 9.59 Å². The molecule has 7 nitrogen and oxygen atoms in total. The summed E-state index contributed by atoms with van der Waals surface area (Å²) in [5.74, 6) is 0.190. The number of methoxy groups -OCH3 is 2. The Morgan fingerprint density at radius 1 is 1.04 bits per heavy atom. The maximum absolute atomic E-state index is 12.8. The molecular formula is C21H23N3O4. The van der Waals surface area contributed by atoms with Crippen LogP contribution in [-0.2, 0) is 4.74 Å². The first-order chi connectivity index (χ1) is 13.5. The van der Waals surface area contributed by atoms with Crippen molar-refractivity contribution in [3.8, 4) is 5.88 Å². The number of nitrogens with one attached hydrogen (secondary N) is 1. The Bertz CT molecular complexity index is 872. The van der Waals surface area contributed by atoms with Crippen molar-refractivity contribution in [3.05, 3.63) is 59.8 Å². The van der Waals surface area contributed by atoms with Crippen LogP contribution in [0.1, 0.15) is 33.6 Å². The van der Waals surface area contributed by atoms with Crippen molar-refractivity contribution < 1.29 is 19.1 Å². The molecule has 7 heteroatoms. The molecule has 1 N–H and O–H groups in total. The fourth-order valence-corrected chi connectivity index (χ4v) is 3.91. The van der Waals surface area contributed by atoms with E-state index in [-0.39, 0.29) is 11.8 Å². The first kappa shape index (κ1) is 18.4. The van der Waals surface area contributed by atoms with Crippen molar-refractivity contribution in [3.63, 3.8) is 0 Å². The number of rotatable bonds is 6. The second kappa shape index (κ2) is 6.91. The number of ether oxygens (including phenoxy) is 2. The average Bonchev–Trinajstić information content (AvgIpc) is 3.52. The van der Waals surface area contributed by atoms with Gasteiger partial charge in [0, 0.05) is 38.0 Å². The molecule has 0 bridgehead atoms. The Kier molecular flexibility index (Phi) is 4.55. The van der Waals surface area contributed by atoms with Crippen LogP contribution in [0.25, 0.3) is 0 Å². The van der Waals surface area contributed by atoms with Crippen LogP contribution >= 0.6 is 0 Å². The smallest absolute Gasteiger partial charge is 0.255 e. The maximum Gasteiger partial charge on any atom is 0.255 e. The number of hydrogen-bond donors (Lipinski definition) is 1. The van der Waals surface area contributed by atoms with Crippen LogP contribution in [0.2, 0.25) is 0 Å². The third-order valence-electron chi connectivity index (χ3n) is 5.76. The Morgan fingerprint density at radius 2 is 1.75 bits per heavy atom. The van der Waals surface area contributed by atoms with Gasteiger partial charge in [0.1, 0.15) is 5.54 Å². The van der Waals surface area contributed by atoms with Crippen LogP contribution in [0.4, 0.5) is 0 Å². The molecule has 0 unspecified atom stereocenters. The van der Waals surface area contributed by atoms with Gasteiger partial charge in [0.25, 0.3) is 11.8 Å². The van der Waals surface area contributed by atoms with E-state index in [1.165, 1.54) is 13.3 Å². The molecule has 2 aromatic rings. The van der Waals surface area contributed by atoms with Gasteiger partial charge in [0.2, 0.25) is 5.88 Å². The van der Waals surface area contributed by atoms with Crippen molar-refractivity contribution in [1.82, 2.24) is 15.2 Å². The third kappa shape index (κ3) is 3.01. The molecule has 1 aliphatic heterocycles. The number of amides is 2. The van der Waals surface area contributed by atoms with Crippen molar-refractivity contribution in [2.24, 2.45) is 0 Å². The molecule has 1 aliphatic carbocycles. The fourth-order valence-electron chi connectivity index (χ4n) is 3.91. The highest BCUT2D eigenvalue weighted by Crippen LogP contribution is 2.51. The van der Waals surface area contributed by atoms with Crippen LogP contribution in [-0.4, -0.2) is 60.1 Å². The number of carbonyl (C=O) groups excluding carboxylic acids is 2. The van der Waals surface area contributed by atoms with Crippen LogP contribution in [0.15, 0.2) is 48.7 Å². The summed E-state index contributed by atoms with van der Waals surface area (Å²) in [6, 6.07) is 12.4. The van der Waals surface area contributed by atoms with Gasteiger partial charge in [0.05, 0.1) is 18.3 Å². The summed E-state index contributed by atoms with van der Waals surface area (Å²) in [6.07, 6.45) is 3.24. The highest BCUT2D eigenvalue weighted by Gasteiger charge is 2.66. The van der Waals surface area contributed by atoms with E-state index in [0.717, 1.165) is 12.8 Å². The quantitative estimate of drug-likeness (QED) is 0.827. The minimum absolute atomic E-state index is 0.119. The van der Waals surface area contributed by atoms with E-state index < -0.39 is 11.1 Å². The van der Waals surface area contributed by atoms with E-state index in [9.17, 15) is 9.59 Å². The maximum atomic E-state index is 12.8. The molecule has 2 heterocycles. The summed E-state index contributed by atoms with van der Waals surface area (Å²) < 4.78 is 10.8. The van der Waals surface area contributed by atoms with Gasteiger partial charge in [-0.05, 0) is 31.0 Å². The second-order valence-corrected chi connectivity index (χ2v) is 7.35. The molecule has 0 radical (unpaired) electrons. The minimum Gasteiger partial charge on any atom is -0.481 e. The Hall–Kier alpha value is -2.93. The topological polar surface area (TPSA) is 80.8 Å². The van der Waals surface area contributed by atoms with E-state index in [4.69, 9.17) is 9.47 Å². The molecule has 2 amide bonds. The highest BCUT2D eigenvalue weighted by molar-refractivity contribution is 5.97. The van der Waals surface area contributed by atoms with E-state index >= 15 is 0 Å². The summed E-state index contributed by atoms with van der Waals surface area (Å²) in [5, 5.41) is 3.16. The lowest BCUT2D eigenvalue weighted by Gasteiger charge is -2.54. The molecule has 28 heavy (non-hydrogen) atoms. The third-order valence-corrected chi connectivity index (χ3v) is 5.76. The Morgan fingerprint density at radius 3 is 2.29 bits per heavy atom. The number of pyridine rings is 1. The Balaban J connectivity index is 1.50. The van der Waals surface area contributed by atoms with E-state index in [1.54, 1.807) is 36.3 Å². The van der Waals surface area contributed by atoms with Gasteiger partial charge in [-0.2, -0.15) is 0 Å². The second-order valence-electron chi connectivity index (χ2n) is 7.35. The molecule has 0 spiro atoms. The predicted octanol–water partition coefficient (Wildman–Crippen LogP) is 1.89. The predicted molar refractivity (Wildman–Crippen MR) is 102 cm³/mol. The first-order valence-electron chi connectivity index (χ1n) is 9.25. The monoisotopic (exact) mass is 381 g/mol. The zero-order chi connectivity index (χ0) is 19.8. The summed E-state index contributed by atoms with van der Waals surface area (Å²) in [4.78, 5) is 31.4. The summed E-state index contributed by atoms with van der Waals surface area (Å²) in [5.41, 5.74) is 0.0975. The number of nitrogens with zero attached hydrogens (tertiary/aromatic N) is 2. The minimum atomic E-state index is -0.579. The van der Waals surface area contributed by atoms with Gasteiger partial charge in [0.15, 0.2) is 0 Å². The van der Waals surface area contributed by atoms with E-state index in [0.29, 0.717) is 30.1 Å². The van der Waals surface area contributed by atoms with Crippen molar-refractivity contribution in [1.29, 1.82) is 0 Å². The van der Waals surface area contributed by atoms with Gasteiger partial charge < -0.3 is 19.7 Å². The molecule has 2 aliphatic rings. The lowest BCUT2D eigenvalue weighted by Crippen LogP contribution is -2.77. The SMILES string of the molecule is COc1ccc(C(=O)N2CC(NC(=O)c3ccccc3)(C3(OC)CC3)C2)cn1. The number of carbonyl (C=O) groups is 2. The van der Waals surface area contributed by atoms with Crippen molar-refractivity contribution in [2.75, 3.05) is 27.3 Å². The van der Waals surface area contributed by atoms with Crippen molar-refractivity contribution >= 4 is 11.8 Å². The molecule has 0 atom stereocenters. The summed E-state index contributed by atoms with van der Waals surface area (Å²) in [7, 11) is 3.20. The van der Waals surface area contributed by atoms with Crippen LogP contribution < -0.4 is 10.1 Å². The fraction of sp³-hybridized carbons (Fsp3) is 0.381. The summed E-state index contributed by atoms with van der Waals surface area (Å²) >= 11 is 0. The number of hydrogen-bond acceptors (Lipinski definition) is 5. The average molecular weight is 381 g/mol. The largest absolute Gasteiger partial charge is 0.481 e. The lowest BCUT2D eigenvalue weighted by molar-refractivity contribution is -0.0709. The molecule has 4 rings (SSSR count). The van der Waals surface area contributed by atoms with Gasteiger partial charge in [-0.25, -0.2) is 4.98 Å². The van der Waals surface area contributed by atoms with Crippen molar-refractivity contribution in [2.45, 2.75) is 24.0 Å². The number of benzene rings is 1. The zero-order valence-corrected chi connectivity index (χ0v) is 16.0. The molecule has 2 fully saturated rings.